The lowest BCUT2D eigenvalue weighted by Gasteiger charge is -2.39. The van der Waals surface area contributed by atoms with Crippen LogP contribution < -0.4 is 0 Å². The standard InChI is InChI=1S/C11H22O2S/c1-11(2,3)9-7-5-6-8-10(9)14(4,12)13/h9-10H,5-8H2,1-4H3. The van der Waals surface area contributed by atoms with E-state index in [9.17, 15) is 8.42 Å². The Morgan fingerprint density at radius 3 is 1.93 bits per heavy atom. The fourth-order valence-electron chi connectivity index (χ4n) is 2.60. The fourth-order valence-corrected chi connectivity index (χ4v) is 4.34. The van der Waals surface area contributed by atoms with Crippen LogP contribution in [0.5, 0.6) is 0 Å². The summed E-state index contributed by atoms with van der Waals surface area (Å²) in [5.74, 6) is 0.339. The molecule has 84 valence electrons. The first kappa shape index (κ1) is 12.0. The molecule has 0 spiro atoms. The first-order valence-electron chi connectivity index (χ1n) is 5.42. The van der Waals surface area contributed by atoms with Crippen LogP contribution in [0.2, 0.25) is 0 Å². The maximum Gasteiger partial charge on any atom is 0.150 e. The van der Waals surface area contributed by atoms with E-state index in [0.29, 0.717) is 5.92 Å². The quantitative estimate of drug-likeness (QED) is 0.678. The summed E-state index contributed by atoms with van der Waals surface area (Å²) < 4.78 is 23.3. The Kier molecular flexibility index (Phi) is 3.30. The van der Waals surface area contributed by atoms with Gasteiger partial charge in [-0.25, -0.2) is 8.42 Å². The minimum atomic E-state index is -2.86. The van der Waals surface area contributed by atoms with Crippen LogP contribution in [-0.2, 0) is 9.84 Å². The van der Waals surface area contributed by atoms with Crippen molar-refractivity contribution < 1.29 is 8.42 Å². The Labute approximate surface area is 88.0 Å². The van der Waals surface area contributed by atoms with Gasteiger partial charge in [0.25, 0.3) is 0 Å². The Morgan fingerprint density at radius 2 is 1.57 bits per heavy atom. The first-order valence-corrected chi connectivity index (χ1v) is 7.37. The van der Waals surface area contributed by atoms with Crippen LogP contribution in [0.15, 0.2) is 0 Å². The van der Waals surface area contributed by atoms with E-state index in [0.717, 1.165) is 19.3 Å². The van der Waals surface area contributed by atoms with Gasteiger partial charge in [-0.2, -0.15) is 0 Å². The van der Waals surface area contributed by atoms with Gasteiger partial charge < -0.3 is 0 Å². The molecule has 0 aliphatic heterocycles. The van der Waals surface area contributed by atoms with Crippen LogP contribution in [-0.4, -0.2) is 19.9 Å². The maximum atomic E-state index is 11.6. The van der Waals surface area contributed by atoms with E-state index in [-0.39, 0.29) is 10.7 Å². The van der Waals surface area contributed by atoms with Crippen LogP contribution in [0, 0.1) is 11.3 Å². The summed E-state index contributed by atoms with van der Waals surface area (Å²) in [5.41, 5.74) is 0.119. The molecule has 0 aromatic heterocycles. The van der Waals surface area contributed by atoms with Crippen molar-refractivity contribution in [1.29, 1.82) is 0 Å². The monoisotopic (exact) mass is 218 g/mol. The molecule has 1 rings (SSSR count). The van der Waals surface area contributed by atoms with Crippen LogP contribution in [0.4, 0.5) is 0 Å². The molecule has 0 bridgehead atoms. The topological polar surface area (TPSA) is 34.1 Å². The van der Waals surface area contributed by atoms with Crippen LogP contribution >= 0.6 is 0 Å². The number of hydrogen-bond acceptors (Lipinski definition) is 2. The van der Waals surface area contributed by atoms with Gasteiger partial charge in [-0.15, -0.1) is 0 Å². The second-order valence-corrected chi connectivity index (χ2v) is 7.89. The predicted octanol–water partition coefficient (Wildman–Crippen LogP) is 2.64. The maximum absolute atomic E-state index is 11.6. The first-order chi connectivity index (χ1) is 6.23. The van der Waals surface area contributed by atoms with Crippen molar-refractivity contribution in [3.63, 3.8) is 0 Å². The number of hydrogen-bond donors (Lipinski definition) is 0. The Bertz CT molecular complexity index is 285. The molecular weight excluding hydrogens is 196 g/mol. The van der Waals surface area contributed by atoms with Crippen molar-refractivity contribution in [2.45, 2.75) is 51.7 Å². The van der Waals surface area contributed by atoms with E-state index in [1.54, 1.807) is 0 Å². The third-order valence-corrected chi connectivity index (χ3v) is 5.03. The van der Waals surface area contributed by atoms with E-state index < -0.39 is 9.84 Å². The molecule has 14 heavy (non-hydrogen) atoms. The second kappa shape index (κ2) is 3.84. The van der Waals surface area contributed by atoms with Gasteiger partial charge in [0.15, 0.2) is 9.84 Å². The van der Waals surface area contributed by atoms with E-state index in [4.69, 9.17) is 0 Å². The lowest BCUT2D eigenvalue weighted by molar-refractivity contribution is 0.183. The van der Waals surface area contributed by atoms with Gasteiger partial charge in [0.05, 0.1) is 5.25 Å². The normalized spacial score (nSPS) is 30.3. The van der Waals surface area contributed by atoms with Gasteiger partial charge in [0, 0.05) is 6.26 Å². The zero-order chi connectivity index (χ0) is 11.0. The van der Waals surface area contributed by atoms with Crippen molar-refractivity contribution in [1.82, 2.24) is 0 Å². The Hall–Kier alpha value is -0.0500. The van der Waals surface area contributed by atoms with E-state index in [1.807, 2.05) is 0 Å². The molecule has 2 nitrogen and oxygen atoms in total. The molecule has 0 aromatic carbocycles. The zero-order valence-corrected chi connectivity index (χ0v) is 10.5. The SMILES string of the molecule is CC(C)(C)C1CCCCC1S(C)(=O)=O. The molecule has 1 fully saturated rings. The van der Waals surface area contributed by atoms with Crippen LogP contribution in [0.25, 0.3) is 0 Å². The molecule has 1 aliphatic rings. The molecule has 0 heterocycles. The highest BCUT2D eigenvalue weighted by atomic mass is 32.2. The highest BCUT2D eigenvalue weighted by molar-refractivity contribution is 7.91. The summed E-state index contributed by atoms with van der Waals surface area (Å²) in [4.78, 5) is 0. The Morgan fingerprint density at radius 1 is 1.07 bits per heavy atom. The zero-order valence-electron chi connectivity index (χ0n) is 9.71. The summed E-state index contributed by atoms with van der Waals surface area (Å²) >= 11 is 0. The van der Waals surface area contributed by atoms with E-state index >= 15 is 0 Å². The van der Waals surface area contributed by atoms with Crippen molar-refractivity contribution in [2.75, 3.05) is 6.26 Å². The minimum Gasteiger partial charge on any atom is -0.229 e. The fraction of sp³-hybridized carbons (Fsp3) is 1.00. The smallest absolute Gasteiger partial charge is 0.150 e. The summed E-state index contributed by atoms with van der Waals surface area (Å²) in [6, 6.07) is 0. The van der Waals surface area contributed by atoms with Crippen molar-refractivity contribution in [3.8, 4) is 0 Å². The molecule has 0 radical (unpaired) electrons. The van der Waals surface area contributed by atoms with Gasteiger partial charge in [0.1, 0.15) is 0 Å². The third-order valence-electron chi connectivity index (χ3n) is 3.36. The Balaban J connectivity index is 2.91. The molecule has 1 aliphatic carbocycles. The lowest BCUT2D eigenvalue weighted by atomic mass is 9.72. The van der Waals surface area contributed by atoms with Gasteiger partial charge >= 0.3 is 0 Å². The van der Waals surface area contributed by atoms with Crippen molar-refractivity contribution >= 4 is 9.84 Å². The molecule has 3 heteroatoms. The summed E-state index contributed by atoms with van der Waals surface area (Å²) in [5, 5.41) is -0.101. The summed E-state index contributed by atoms with van der Waals surface area (Å²) in [6.45, 7) is 6.46. The van der Waals surface area contributed by atoms with Gasteiger partial charge in [-0.05, 0) is 24.2 Å². The number of rotatable bonds is 1. The number of sulfone groups is 1. The average Bonchev–Trinajstić information content (AvgIpc) is 2.01. The van der Waals surface area contributed by atoms with Crippen LogP contribution in [0.3, 0.4) is 0 Å². The molecule has 0 saturated heterocycles. The molecule has 0 N–H and O–H groups in total. The minimum absolute atomic E-state index is 0.101. The summed E-state index contributed by atoms with van der Waals surface area (Å²) in [7, 11) is -2.86. The second-order valence-electron chi connectivity index (χ2n) is 5.62. The van der Waals surface area contributed by atoms with Gasteiger partial charge in [-0.1, -0.05) is 33.6 Å². The molecular formula is C11H22O2S. The van der Waals surface area contributed by atoms with Crippen LogP contribution in [0.1, 0.15) is 46.5 Å². The van der Waals surface area contributed by atoms with E-state index in [2.05, 4.69) is 20.8 Å². The molecule has 2 unspecified atom stereocenters. The molecule has 1 saturated carbocycles. The highest BCUT2D eigenvalue weighted by Crippen LogP contribution is 2.40. The lowest BCUT2D eigenvalue weighted by Crippen LogP contribution is -2.39. The van der Waals surface area contributed by atoms with Gasteiger partial charge in [-0.3, -0.25) is 0 Å². The molecule has 2 atom stereocenters. The summed E-state index contributed by atoms with van der Waals surface area (Å²) in [6.07, 6.45) is 5.59. The average molecular weight is 218 g/mol. The third kappa shape index (κ3) is 2.72. The van der Waals surface area contributed by atoms with Gasteiger partial charge in [0.2, 0.25) is 0 Å². The van der Waals surface area contributed by atoms with E-state index in [1.165, 1.54) is 12.7 Å². The van der Waals surface area contributed by atoms with Crippen molar-refractivity contribution in [3.05, 3.63) is 0 Å². The molecule has 0 amide bonds. The highest BCUT2D eigenvalue weighted by Gasteiger charge is 2.39. The molecule has 0 aromatic rings. The van der Waals surface area contributed by atoms with Crippen molar-refractivity contribution in [2.24, 2.45) is 11.3 Å². The predicted molar refractivity (Wildman–Crippen MR) is 60.0 cm³/mol. The largest absolute Gasteiger partial charge is 0.229 e.